The van der Waals surface area contributed by atoms with E-state index in [-0.39, 0.29) is 17.4 Å². The van der Waals surface area contributed by atoms with Gasteiger partial charge in [-0.05, 0) is 31.0 Å². The van der Waals surface area contributed by atoms with E-state index in [9.17, 15) is 14.9 Å². The number of benzene rings is 1. The van der Waals surface area contributed by atoms with Crippen molar-refractivity contribution in [1.29, 1.82) is 5.26 Å². The van der Waals surface area contributed by atoms with Gasteiger partial charge in [0.1, 0.15) is 11.6 Å². The number of nitrogens with zero attached hydrogens (tertiary/aromatic N) is 4. The molecule has 3 rings (SSSR count). The van der Waals surface area contributed by atoms with Gasteiger partial charge in [0.15, 0.2) is 0 Å². The largest absolute Gasteiger partial charge is 0.373 e. The van der Waals surface area contributed by atoms with Crippen LogP contribution in [-0.2, 0) is 9.59 Å². The summed E-state index contributed by atoms with van der Waals surface area (Å²) in [5, 5.41) is 12.9. The van der Waals surface area contributed by atoms with Crippen LogP contribution in [0, 0.1) is 11.3 Å². The molecule has 0 aromatic heterocycles. The van der Waals surface area contributed by atoms with Crippen LogP contribution in [-0.4, -0.2) is 67.4 Å². The first-order valence-corrected chi connectivity index (χ1v) is 10.4. The Bertz CT molecular complexity index is 812. The molecule has 0 spiro atoms. The minimum absolute atomic E-state index is 0.110. The second-order valence-electron chi connectivity index (χ2n) is 7.25. The van der Waals surface area contributed by atoms with Gasteiger partial charge >= 0.3 is 0 Å². The van der Waals surface area contributed by atoms with E-state index in [4.69, 9.17) is 11.6 Å². The predicted octanol–water partition coefficient (Wildman–Crippen LogP) is 2.00. The molecule has 2 saturated heterocycles. The first kappa shape index (κ1) is 21.0. The molecule has 1 aromatic carbocycles. The number of nitrogens with one attached hydrogen (secondary N) is 1. The average molecular weight is 416 g/mol. The SMILES string of the molecule is N#C/C(=C/N1CCN(c2cccc(Cl)c2)CC1)C(=O)NCCCN1CCCC1=O. The molecule has 2 amide bonds. The Hall–Kier alpha value is -2.72. The lowest BCUT2D eigenvalue weighted by molar-refractivity contribution is -0.127. The Labute approximate surface area is 176 Å². The number of anilines is 1. The van der Waals surface area contributed by atoms with E-state index in [0.717, 1.165) is 44.8 Å². The summed E-state index contributed by atoms with van der Waals surface area (Å²) in [7, 11) is 0. The molecule has 2 aliphatic rings. The Kier molecular flexibility index (Phi) is 7.36. The number of halogens is 1. The Morgan fingerprint density at radius 2 is 2.03 bits per heavy atom. The van der Waals surface area contributed by atoms with Gasteiger partial charge in [-0.2, -0.15) is 5.26 Å². The first-order chi connectivity index (χ1) is 14.1. The van der Waals surface area contributed by atoms with Crippen molar-refractivity contribution in [1.82, 2.24) is 15.1 Å². The smallest absolute Gasteiger partial charge is 0.263 e. The lowest BCUT2D eigenvalue weighted by atomic mass is 10.2. The van der Waals surface area contributed by atoms with Gasteiger partial charge in [-0.3, -0.25) is 9.59 Å². The average Bonchev–Trinajstić information content (AvgIpc) is 3.14. The third kappa shape index (κ3) is 5.88. The second-order valence-corrected chi connectivity index (χ2v) is 7.69. The molecule has 8 heteroatoms. The van der Waals surface area contributed by atoms with E-state index in [1.165, 1.54) is 0 Å². The summed E-state index contributed by atoms with van der Waals surface area (Å²) in [5.41, 5.74) is 1.19. The van der Waals surface area contributed by atoms with E-state index in [0.29, 0.717) is 31.0 Å². The Morgan fingerprint density at radius 1 is 1.24 bits per heavy atom. The van der Waals surface area contributed by atoms with E-state index in [1.807, 2.05) is 40.1 Å². The molecule has 2 aliphatic heterocycles. The normalized spacial score (nSPS) is 17.4. The fourth-order valence-electron chi connectivity index (χ4n) is 3.61. The van der Waals surface area contributed by atoms with Gasteiger partial charge in [0.25, 0.3) is 5.91 Å². The van der Waals surface area contributed by atoms with Gasteiger partial charge in [0, 0.05) is 69.1 Å². The number of likely N-dealkylation sites (tertiary alicyclic amines) is 1. The van der Waals surface area contributed by atoms with Crippen LogP contribution in [0.25, 0.3) is 0 Å². The molecule has 2 fully saturated rings. The van der Waals surface area contributed by atoms with Crippen molar-refractivity contribution in [2.75, 3.05) is 50.7 Å². The molecule has 154 valence electrons. The summed E-state index contributed by atoms with van der Waals surface area (Å²) >= 11 is 6.06. The monoisotopic (exact) mass is 415 g/mol. The van der Waals surface area contributed by atoms with Crippen LogP contribution in [0.3, 0.4) is 0 Å². The zero-order valence-corrected chi connectivity index (χ0v) is 17.2. The standard InChI is InChI=1S/C21H26ClN5O2/c22-18-4-1-5-19(14-18)26-12-10-25(11-13-26)16-17(15-23)21(29)24-7-3-9-27-8-2-6-20(27)28/h1,4-5,14,16H,2-3,6-13H2,(H,24,29)/b17-16-. The molecule has 7 nitrogen and oxygen atoms in total. The highest BCUT2D eigenvalue weighted by molar-refractivity contribution is 6.30. The number of amides is 2. The molecule has 29 heavy (non-hydrogen) atoms. The summed E-state index contributed by atoms with van der Waals surface area (Å²) in [6.07, 6.45) is 3.87. The maximum absolute atomic E-state index is 12.3. The summed E-state index contributed by atoms with van der Waals surface area (Å²) < 4.78 is 0. The minimum atomic E-state index is -0.363. The van der Waals surface area contributed by atoms with Gasteiger partial charge in [-0.25, -0.2) is 0 Å². The Morgan fingerprint density at radius 3 is 2.69 bits per heavy atom. The topological polar surface area (TPSA) is 79.7 Å². The molecule has 1 N–H and O–H groups in total. The Balaban J connectivity index is 1.44. The van der Waals surface area contributed by atoms with E-state index < -0.39 is 0 Å². The van der Waals surface area contributed by atoms with Crippen LogP contribution in [0.5, 0.6) is 0 Å². The number of nitriles is 1. The molecular formula is C21H26ClN5O2. The summed E-state index contributed by atoms with van der Waals surface area (Å²) in [6.45, 7) is 4.93. The van der Waals surface area contributed by atoms with Crippen LogP contribution in [0.4, 0.5) is 5.69 Å². The number of carbonyl (C=O) groups is 2. The van der Waals surface area contributed by atoms with Gasteiger partial charge in [0.05, 0.1) is 0 Å². The fourth-order valence-corrected chi connectivity index (χ4v) is 3.79. The zero-order chi connectivity index (χ0) is 20.6. The molecule has 0 bridgehead atoms. The van der Waals surface area contributed by atoms with E-state index in [1.54, 1.807) is 6.20 Å². The highest BCUT2D eigenvalue weighted by Crippen LogP contribution is 2.21. The summed E-state index contributed by atoms with van der Waals surface area (Å²) in [4.78, 5) is 29.9. The van der Waals surface area contributed by atoms with Crippen LogP contribution < -0.4 is 10.2 Å². The van der Waals surface area contributed by atoms with E-state index >= 15 is 0 Å². The van der Waals surface area contributed by atoms with Crippen molar-refractivity contribution in [3.63, 3.8) is 0 Å². The van der Waals surface area contributed by atoms with Crippen molar-refractivity contribution in [3.8, 4) is 6.07 Å². The van der Waals surface area contributed by atoms with Crippen molar-refractivity contribution in [3.05, 3.63) is 41.1 Å². The number of carbonyl (C=O) groups excluding carboxylic acids is 2. The van der Waals surface area contributed by atoms with Crippen molar-refractivity contribution >= 4 is 29.1 Å². The molecule has 2 heterocycles. The number of hydrogen-bond donors (Lipinski definition) is 1. The lowest BCUT2D eigenvalue weighted by Gasteiger charge is -2.35. The molecule has 0 unspecified atom stereocenters. The zero-order valence-electron chi connectivity index (χ0n) is 16.4. The van der Waals surface area contributed by atoms with Crippen LogP contribution in [0.2, 0.25) is 5.02 Å². The molecule has 0 aliphatic carbocycles. The molecule has 0 atom stereocenters. The predicted molar refractivity (Wildman–Crippen MR) is 112 cm³/mol. The van der Waals surface area contributed by atoms with Crippen LogP contribution in [0.15, 0.2) is 36.0 Å². The third-order valence-electron chi connectivity index (χ3n) is 5.23. The van der Waals surface area contributed by atoms with E-state index in [2.05, 4.69) is 10.2 Å². The van der Waals surface area contributed by atoms with Crippen LogP contribution >= 0.6 is 11.6 Å². The molecular weight excluding hydrogens is 390 g/mol. The second kappa shape index (κ2) is 10.2. The fraction of sp³-hybridized carbons (Fsp3) is 0.476. The quantitative estimate of drug-likeness (QED) is 0.418. The van der Waals surface area contributed by atoms with Gasteiger partial charge in [-0.1, -0.05) is 17.7 Å². The number of hydrogen-bond acceptors (Lipinski definition) is 5. The van der Waals surface area contributed by atoms with Crippen molar-refractivity contribution in [2.45, 2.75) is 19.3 Å². The highest BCUT2D eigenvalue weighted by Gasteiger charge is 2.20. The lowest BCUT2D eigenvalue weighted by Crippen LogP contribution is -2.44. The summed E-state index contributed by atoms with van der Waals surface area (Å²) in [5.74, 6) is -0.177. The molecule has 1 aromatic rings. The molecule has 0 saturated carbocycles. The van der Waals surface area contributed by atoms with Gasteiger partial charge in [0.2, 0.25) is 5.91 Å². The number of piperazine rings is 1. The van der Waals surface area contributed by atoms with Crippen LogP contribution in [0.1, 0.15) is 19.3 Å². The number of rotatable bonds is 7. The summed E-state index contributed by atoms with van der Waals surface area (Å²) in [6, 6.07) is 9.76. The van der Waals surface area contributed by atoms with Crippen molar-refractivity contribution in [2.24, 2.45) is 0 Å². The molecule has 0 radical (unpaired) electrons. The van der Waals surface area contributed by atoms with Gasteiger partial charge in [-0.15, -0.1) is 0 Å². The van der Waals surface area contributed by atoms with Gasteiger partial charge < -0.3 is 20.0 Å². The maximum Gasteiger partial charge on any atom is 0.263 e. The van der Waals surface area contributed by atoms with Crippen molar-refractivity contribution < 1.29 is 9.59 Å². The third-order valence-corrected chi connectivity index (χ3v) is 5.46. The first-order valence-electron chi connectivity index (χ1n) is 9.99. The highest BCUT2D eigenvalue weighted by atomic mass is 35.5. The maximum atomic E-state index is 12.3. The minimum Gasteiger partial charge on any atom is -0.373 e.